The van der Waals surface area contributed by atoms with Crippen LogP contribution in [0.4, 0.5) is 0 Å². The molecule has 0 aliphatic heterocycles. The summed E-state index contributed by atoms with van der Waals surface area (Å²) < 4.78 is 0. The van der Waals surface area contributed by atoms with Crippen LogP contribution in [0.2, 0.25) is 0 Å². The van der Waals surface area contributed by atoms with E-state index >= 15 is 0 Å². The molecule has 0 unspecified atom stereocenters. The molecule has 0 saturated heterocycles. The normalized spacial score (nSPS) is 47.4. The Morgan fingerprint density at radius 1 is 0.700 bits per heavy atom. The third-order valence-corrected chi connectivity index (χ3v) is 6.91. The van der Waals surface area contributed by atoms with E-state index in [9.17, 15) is 10.4 Å². The fourth-order valence-electron chi connectivity index (χ4n) is 5.86. The summed E-state index contributed by atoms with van der Waals surface area (Å²) in [7, 11) is 0. The van der Waals surface area contributed by atoms with Gasteiger partial charge in [0.05, 0.1) is 0 Å². The highest BCUT2D eigenvalue weighted by atomic mass is 16.4. The molecule has 2 N–H and O–H groups in total. The van der Waals surface area contributed by atoms with E-state index in [4.69, 9.17) is 0 Å². The topological polar surface area (TPSA) is 65.2 Å². The third kappa shape index (κ3) is 1.54. The Morgan fingerprint density at radius 3 is 1.25 bits per heavy atom. The van der Waals surface area contributed by atoms with Gasteiger partial charge in [-0.1, -0.05) is 10.3 Å². The van der Waals surface area contributed by atoms with Gasteiger partial charge in [-0.25, -0.2) is 0 Å². The second-order valence-electron chi connectivity index (χ2n) is 7.75. The lowest BCUT2D eigenvalue weighted by molar-refractivity contribution is 0.290. The van der Waals surface area contributed by atoms with Crippen LogP contribution < -0.4 is 0 Å². The van der Waals surface area contributed by atoms with Gasteiger partial charge in [0.1, 0.15) is 11.4 Å². The van der Waals surface area contributed by atoms with Crippen molar-refractivity contribution < 1.29 is 10.4 Å². The summed E-state index contributed by atoms with van der Waals surface area (Å²) >= 11 is 0. The van der Waals surface area contributed by atoms with Gasteiger partial charge in [-0.3, -0.25) is 0 Å². The summed E-state index contributed by atoms with van der Waals surface area (Å²) in [5, 5.41) is 26.8. The molecule has 4 aliphatic rings. The van der Waals surface area contributed by atoms with Crippen molar-refractivity contribution in [2.75, 3.05) is 0 Å². The Hall–Kier alpha value is -1.06. The van der Waals surface area contributed by atoms with Crippen LogP contribution in [0.3, 0.4) is 0 Å². The van der Waals surface area contributed by atoms with Gasteiger partial charge >= 0.3 is 0 Å². The van der Waals surface area contributed by atoms with Gasteiger partial charge in [-0.2, -0.15) is 0 Å². The van der Waals surface area contributed by atoms with E-state index in [1.807, 2.05) is 0 Å². The standard InChI is InChI=1S/C16H24N2O2/c19-17-13(15-5-1-11(9-15)2-6-15)14(18-20)16-7-3-12(10-16)4-8-16/h11-12,19-20H,1-10H2. The number of nitrogens with zero attached hydrogens (tertiary/aromatic N) is 2. The predicted molar refractivity (Wildman–Crippen MR) is 76.5 cm³/mol. The molecular formula is C16H24N2O2. The van der Waals surface area contributed by atoms with Crippen molar-refractivity contribution in [3.05, 3.63) is 0 Å². The zero-order valence-corrected chi connectivity index (χ0v) is 12.0. The summed E-state index contributed by atoms with van der Waals surface area (Å²) in [4.78, 5) is 0. The molecule has 4 nitrogen and oxygen atoms in total. The van der Waals surface area contributed by atoms with Crippen molar-refractivity contribution in [3.63, 3.8) is 0 Å². The zero-order valence-electron chi connectivity index (χ0n) is 12.0. The van der Waals surface area contributed by atoms with Gasteiger partial charge in [0, 0.05) is 10.8 Å². The molecule has 4 rings (SSSR count). The summed E-state index contributed by atoms with van der Waals surface area (Å²) in [5.41, 5.74) is 1.50. The molecule has 0 heterocycles. The number of rotatable bonds is 3. The molecular weight excluding hydrogens is 252 g/mol. The highest BCUT2D eigenvalue weighted by molar-refractivity contribution is 6.46. The van der Waals surface area contributed by atoms with Crippen LogP contribution >= 0.6 is 0 Å². The zero-order chi connectivity index (χ0) is 13.8. The van der Waals surface area contributed by atoms with Crippen LogP contribution in [0.15, 0.2) is 10.3 Å². The Balaban J connectivity index is 1.70. The minimum atomic E-state index is 0.0103. The average molecular weight is 276 g/mol. The molecule has 0 atom stereocenters. The van der Waals surface area contributed by atoms with Crippen molar-refractivity contribution in [3.8, 4) is 0 Å². The Kier molecular flexibility index (Phi) is 2.67. The number of hydrogen-bond donors (Lipinski definition) is 2. The smallest absolute Gasteiger partial charge is 0.111 e. The first-order chi connectivity index (χ1) is 9.71. The highest BCUT2D eigenvalue weighted by Crippen LogP contribution is 2.59. The maximum atomic E-state index is 9.68. The second kappa shape index (κ2) is 4.22. The van der Waals surface area contributed by atoms with Crippen LogP contribution in [-0.4, -0.2) is 21.8 Å². The van der Waals surface area contributed by atoms with Crippen molar-refractivity contribution >= 4 is 11.4 Å². The molecule has 0 aromatic heterocycles. The predicted octanol–water partition coefficient (Wildman–Crippen LogP) is 3.81. The third-order valence-electron chi connectivity index (χ3n) is 6.91. The molecule has 0 amide bonds. The fourth-order valence-corrected chi connectivity index (χ4v) is 5.86. The lowest BCUT2D eigenvalue weighted by atomic mass is 9.69. The van der Waals surface area contributed by atoms with E-state index in [1.54, 1.807) is 0 Å². The lowest BCUT2D eigenvalue weighted by Crippen LogP contribution is -2.42. The van der Waals surface area contributed by atoms with E-state index in [0.29, 0.717) is 0 Å². The minimum absolute atomic E-state index is 0.0103. The molecule has 0 radical (unpaired) electrons. The monoisotopic (exact) mass is 276 g/mol. The first-order valence-electron chi connectivity index (χ1n) is 8.17. The summed E-state index contributed by atoms with van der Waals surface area (Å²) in [6.07, 6.45) is 11.7. The summed E-state index contributed by atoms with van der Waals surface area (Å²) in [5.74, 6) is 1.59. The fraction of sp³-hybridized carbons (Fsp3) is 0.875. The summed E-state index contributed by atoms with van der Waals surface area (Å²) in [6, 6.07) is 0. The SMILES string of the molecule is ON=C(C(=NO)C12CCC(CC1)C2)C12CCC(CC1)C2. The maximum absolute atomic E-state index is 9.68. The molecule has 4 heteroatoms. The summed E-state index contributed by atoms with van der Waals surface area (Å²) in [6.45, 7) is 0. The van der Waals surface area contributed by atoms with Crippen molar-refractivity contribution in [2.24, 2.45) is 33.0 Å². The van der Waals surface area contributed by atoms with Crippen LogP contribution in [-0.2, 0) is 0 Å². The number of hydrogen-bond acceptors (Lipinski definition) is 4. The van der Waals surface area contributed by atoms with Gasteiger partial charge < -0.3 is 10.4 Å². The molecule has 20 heavy (non-hydrogen) atoms. The van der Waals surface area contributed by atoms with Crippen molar-refractivity contribution in [1.82, 2.24) is 0 Å². The lowest BCUT2D eigenvalue weighted by Gasteiger charge is -2.34. The van der Waals surface area contributed by atoms with E-state index in [-0.39, 0.29) is 10.8 Å². The molecule has 0 spiro atoms. The van der Waals surface area contributed by atoms with E-state index < -0.39 is 0 Å². The second-order valence-corrected chi connectivity index (χ2v) is 7.75. The van der Waals surface area contributed by atoms with Crippen LogP contribution in [0.25, 0.3) is 0 Å². The Bertz CT molecular complexity index is 423. The average Bonchev–Trinajstić information content (AvgIpc) is 3.23. The van der Waals surface area contributed by atoms with E-state index in [1.165, 1.54) is 25.7 Å². The Morgan fingerprint density at radius 2 is 1.05 bits per heavy atom. The van der Waals surface area contributed by atoms with Crippen molar-refractivity contribution in [1.29, 1.82) is 0 Å². The van der Waals surface area contributed by atoms with Gasteiger partial charge in [-0.05, 0) is 76.0 Å². The van der Waals surface area contributed by atoms with E-state index in [2.05, 4.69) is 10.3 Å². The van der Waals surface area contributed by atoms with Crippen LogP contribution in [0.5, 0.6) is 0 Å². The quantitative estimate of drug-likeness (QED) is 0.467. The number of fused-ring (bicyclic) bond motifs is 4. The van der Waals surface area contributed by atoms with Gasteiger partial charge in [0.25, 0.3) is 0 Å². The first-order valence-corrected chi connectivity index (χ1v) is 8.17. The molecule has 0 aromatic carbocycles. The molecule has 4 bridgehead atoms. The molecule has 4 saturated carbocycles. The van der Waals surface area contributed by atoms with E-state index in [0.717, 1.165) is 61.8 Å². The van der Waals surface area contributed by atoms with Crippen LogP contribution in [0.1, 0.15) is 64.2 Å². The Labute approximate surface area is 119 Å². The molecule has 4 aliphatic carbocycles. The van der Waals surface area contributed by atoms with Gasteiger partial charge in [0.2, 0.25) is 0 Å². The van der Waals surface area contributed by atoms with Crippen LogP contribution in [0, 0.1) is 22.7 Å². The maximum Gasteiger partial charge on any atom is 0.111 e. The highest BCUT2D eigenvalue weighted by Gasteiger charge is 2.56. The largest absolute Gasteiger partial charge is 0.411 e. The van der Waals surface area contributed by atoms with Gasteiger partial charge in [0.15, 0.2) is 0 Å². The number of oxime groups is 2. The van der Waals surface area contributed by atoms with Gasteiger partial charge in [-0.15, -0.1) is 0 Å². The molecule has 110 valence electrons. The first kappa shape index (κ1) is 12.7. The molecule has 4 fully saturated rings. The van der Waals surface area contributed by atoms with Crippen molar-refractivity contribution in [2.45, 2.75) is 64.2 Å². The minimum Gasteiger partial charge on any atom is -0.411 e. The molecule has 0 aromatic rings.